The molecule has 0 bridgehead atoms. The van der Waals surface area contributed by atoms with Crippen LogP contribution in [0.15, 0.2) is 95.4 Å². The first kappa shape index (κ1) is 20.5. The largest absolute Gasteiger partial charge is 0.482 e. The molecule has 0 spiro atoms. The summed E-state index contributed by atoms with van der Waals surface area (Å²) in [6.45, 7) is -0.149. The minimum atomic E-state index is -0.439. The first-order valence-corrected chi connectivity index (χ1v) is 10.5. The average Bonchev–Trinajstić information content (AvgIpc) is 3.26. The number of esters is 1. The van der Waals surface area contributed by atoms with Crippen molar-refractivity contribution in [1.29, 1.82) is 0 Å². The van der Waals surface area contributed by atoms with Gasteiger partial charge in [-0.2, -0.15) is 0 Å². The van der Waals surface area contributed by atoms with E-state index in [2.05, 4.69) is 4.74 Å². The fourth-order valence-electron chi connectivity index (χ4n) is 3.86. The van der Waals surface area contributed by atoms with Crippen LogP contribution in [-0.2, 0) is 9.53 Å². The molecule has 0 fully saturated rings. The van der Waals surface area contributed by atoms with Crippen molar-refractivity contribution in [1.82, 2.24) is 0 Å². The summed E-state index contributed by atoms with van der Waals surface area (Å²) in [4.78, 5) is 24.8. The maximum atomic E-state index is 13.5. The van der Waals surface area contributed by atoms with E-state index in [1.165, 1.54) is 7.11 Å². The average molecular weight is 436 g/mol. The second-order valence-electron chi connectivity index (χ2n) is 7.59. The lowest BCUT2D eigenvalue weighted by atomic mass is 9.96. The van der Waals surface area contributed by atoms with Crippen molar-refractivity contribution >= 4 is 33.5 Å². The number of carbonyl (C=O) groups excluding carboxylic acids is 2. The zero-order chi connectivity index (χ0) is 22.8. The van der Waals surface area contributed by atoms with E-state index in [0.717, 1.165) is 21.7 Å². The molecular formula is C28H20O5. The lowest BCUT2D eigenvalue weighted by Crippen LogP contribution is -2.12. The first-order valence-electron chi connectivity index (χ1n) is 10.5. The number of fused-ring (bicyclic) bond motifs is 2. The second kappa shape index (κ2) is 8.63. The highest BCUT2D eigenvalue weighted by atomic mass is 16.6. The third kappa shape index (κ3) is 3.96. The van der Waals surface area contributed by atoms with E-state index in [1.807, 2.05) is 84.9 Å². The summed E-state index contributed by atoms with van der Waals surface area (Å²) in [6.07, 6.45) is 0. The highest BCUT2D eigenvalue weighted by molar-refractivity contribution is 6.19. The SMILES string of the molecule is COC(=O)COc1ccc2cc(-c3oc4ccccc4c3C(=O)c3ccccc3)ccc2c1. The van der Waals surface area contributed by atoms with Crippen molar-refractivity contribution in [2.45, 2.75) is 0 Å². The fourth-order valence-corrected chi connectivity index (χ4v) is 3.86. The Morgan fingerprint density at radius 1 is 0.818 bits per heavy atom. The summed E-state index contributed by atoms with van der Waals surface area (Å²) < 4.78 is 16.3. The normalized spacial score (nSPS) is 10.9. The van der Waals surface area contributed by atoms with Gasteiger partial charge in [-0.3, -0.25) is 4.79 Å². The van der Waals surface area contributed by atoms with Crippen LogP contribution in [0.25, 0.3) is 33.1 Å². The second-order valence-corrected chi connectivity index (χ2v) is 7.59. The van der Waals surface area contributed by atoms with E-state index in [4.69, 9.17) is 9.15 Å². The molecule has 0 aliphatic heterocycles. The van der Waals surface area contributed by atoms with Crippen LogP contribution in [0.3, 0.4) is 0 Å². The quantitative estimate of drug-likeness (QED) is 0.240. The molecule has 0 saturated carbocycles. The molecule has 33 heavy (non-hydrogen) atoms. The van der Waals surface area contributed by atoms with E-state index < -0.39 is 5.97 Å². The van der Waals surface area contributed by atoms with Crippen LogP contribution in [0, 0.1) is 0 Å². The topological polar surface area (TPSA) is 65.7 Å². The lowest BCUT2D eigenvalue weighted by Gasteiger charge is -2.08. The molecule has 0 aliphatic carbocycles. The van der Waals surface area contributed by atoms with Gasteiger partial charge in [-0.25, -0.2) is 4.79 Å². The maximum absolute atomic E-state index is 13.5. The minimum Gasteiger partial charge on any atom is -0.482 e. The van der Waals surface area contributed by atoms with Crippen molar-refractivity contribution in [3.8, 4) is 17.1 Å². The number of ether oxygens (including phenoxy) is 2. The summed E-state index contributed by atoms with van der Waals surface area (Å²) in [5.41, 5.74) is 2.63. The van der Waals surface area contributed by atoms with Crippen molar-refractivity contribution in [2.75, 3.05) is 13.7 Å². The molecule has 0 unspecified atom stereocenters. The molecule has 1 aromatic heterocycles. The third-order valence-corrected chi connectivity index (χ3v) is 5.52. The van der Waals surface area contributed by atoms with Crippen molar-refractivity contribution in [3.63, 3.8) is 0 Å². The van der Waals surface area contributed by atoms with Gasteiger partial charge < -0.3 is 13.9 Å². The van der Waals surface area contributed by atoms with Crippen molar-refractivity contribution in [3.05, 3.63) is 102 Å². The smallest absolute Gasteiger partial charge is 0.343 e. The van der Waals surface area contributed by atoms with Crippen molar-refractivity contribution < 1.29 is 23.5 Å². The summed E-state index contributed by atoms with van der Waals surface area (Å²) in [5, 5.41) is 2.68. The van der Waals surface area contributed by atoms with Crippen LogP contribution in [0.1, 0.15) is 15.9 Å². The third-order valence-electron chi connectivity index (χ3n) is 5.52. The molecule has 5 aromatic rings. The molecule has 0 atom stereocenters. The molecule has 162 valence electrons. The Hall–Kier alpha value is -4.38. The monoisotopic (exact) mass is 436 g/mol. The van der Waals surface area contributed by atoms with E-state index in [9.17, 15) is 9.59 Å². The standard InChI is InChI=1S/C28H20O5/c1-31-25(29)17-32-22-14-13-19-15-21(12-11-20(19)16-22)28-26(23-9-5-6-10-24(23)33-28)27(30)18-7-3-2-4-8-18/h2-16H,17H2,1H3. The van der Waals surface area contributed by atoms with Gasteiger partial charge in [0, 0.05) is 16.5 Å². The van der Waals surface area contributed by atoms with E-state index in [0.29, 0.717) is 28.2 Å². The minimum absolute atomic E-state index is 0.0813. The van der Waals surface area contributed by atoms with Gasteiger partial charge in [0.25, 0.3) is 0 Å². The number of carbonyl (C=O) groups is 2. The number of methoxy groups -OCH3 is 1. The predicted molar refractivity (Wildman–Crippen MR) is 127 cm³/mol. The molecule has 5 rings (SSSR count). The van der Waals surface area contributed by atoms with Crippen LogP contribution in [0.4, 0.5) is 0 Å². The number of hydrogen-bond acceptors (Lipinski definition) is 5. The Morgan fingerprint density at radius 2 is 1.55 bits per heavy atom. The van der Waals surface area contributed by atoms with Gasteiger partial charge in [-0.15, -0.1) is 0 Å². The van der Waals surface area contributed by atoms with Gasteiger partial charge in [0.1, 0.15) is 17.1 Å². The number of ketones is 1. The van der Waals surface area contributed by atoms with Crippen LogP contribution >= 0.6 is 0 Å². The summed E-state index contributed by atoms with van der Waals surface area (Å²) >= 11 is 0. The van der Waals surface area contributed by atoms with E-state index in [1.54, 1.807) is 6.07 Å². The van der Waals surface area contributed by atoms with Gasteiger partial charge in [0.05, 0.1) is 12.7 Å². The zero-order valence-electron chi connectivity index (χ0n) is 17.9. The maximum Gasteiger partial charge on any atom is 0.343 e. The van der Waals surface area contributed by atoms with Crippen molar-refractivity contribution in [2.24, 2.45) is 0 Å². The van der Waals surface area contributed by atoms with Gasteiger partial charge in [0.2, 0.25) is 0 Å². The number of furan rings is 1. The highest BCUT2D eigenvalue weighted by Crippen LogP contribution is 2.36. The summed E-state index contributed by atoms with van der Waals surface area (Å²) in [5.74, 6) is 0.593. The molecule has 0 amide bonds. The molecule has 0 aliphatic rings. The highest BCUT2D eigenvalue weighted by Gasteiger charge is 2.23. The Morgan fingerprint density at radius 3 is 2.36 bits per heavy atom. The number of benzene rings is 4. The molecular weight excluding hydrogens is 416 g/mol. The van der Waals surface area contributed by atoms with Crippen LogP contribution in [0.5, 0.6) is 5.75 Å². The van der Waals surface area contributed by atoms with Crippen LogP contribution < -0.4 is 4.74 Å². The Labute approximate surface area is 190 Å². The van der Waals surface area contributed by atoms with E-state index >= 15 is 0 Å². The zero-order valence-corrected chi connectivity index (χ0v) is 17.9. The Bertz CT molecular complexity index is 1480. The van der Waals surface area contributed by atoms with Crippen LogP contribution in [-0.4, -0.2) is 25.5 Å². The van der Waals surface area contributed by atoms with Gasteiger partial charge in [-0.05, 0) is 35.0 Å². The summed E-state index contributed by atoms with van der Waals surface area (Å²) in [6, 6.07) is 28.2. The van der Waals surface area contributed by atoms with Gasteiger partial charge >= 0.3 is 5.97 Å². The number of para-hydroxylation sites is 1. The first-order chi connectivity index (χ1) is 16.1. The van der Waals surface area contributed by atoms with Crippen LogP contribution in [0.2, 0.25) is 0 Å². The van der Waals surface area contributed by atoms with E-state index in [-0.39, 0.29) is 12.4 Å². The lowest BCUT2D eigenvalue weighted by molar-refractivity contribution is -0.142. The molecule has 1 heterocycles. The molecule has 0 saturated heterocycles. The predicted octanol–water partition coefficient (Wildman–Crippen LogP) is 6.04. The molecule has 0 radical (unpaired) electrons. The molecule has 0 N–H and O–H groups in total. The summed E-state index contributed by atoms with van der Waals surface area (Å²) in [7, 11) is 1.32. The van der Waals surface area contributed by atoms with Gasteiger partial charge in [0.15, 0.2) is 12.4 Å². The molecule has 5 nitrogen and oxygen atoms in total. The Balaban J connectivity index is 1.58. The number of hydrogen-bond donors (Lipinski definition) is 0. The van der Waals surface area contributed by atoms with Gasteiger partial charge in [-0.1, -0.05) is 66.7 Å². The molecule has 5 heteroatoms. The fraction of sp³-hybridized carbons (Fsp3) is 0.0714. The number of rotatable bonds is 6. The Kier molecular flexibility index (Phi) is 5.37. The molecule has 4 aromatic carbocycles.